The maximum atomic E-state index is 12.0. The molecule has 19 heavy (non-hydrogen) atoms. The van der Waals surface area contributed by atoms with Crippen LogP contribution in [0.4, 0.5) is 0 Å². The van der Waals surface area contributed by atoms with Gasteiger partial charge in [0, 0.05) is 27.7 Å². The molecule has 0 spiro atoms. The van der Waals surface area contributed by atoms with Gasteiger partial charge in [0.05, 0.1) is 0 Å². The Morgan fingerprint density at radius 1 is 1.16 bits per heavy atom. The topological polar surface area (TPSA) is 42.2 Å². The van der Waals surface area contributed by atoms with E-state index >= 15 is 0 Å². The Morgan fingerprint density at radius 2 is 1.79 bits per heavy atom. The Bertz CT molecular complexity index is 600. The molecule has 0 fully saturated rings. The van der Waals surface area contributed by atoms with Crippen LogP contribution in [0.25, 0.3) is 0 Å². The third-order valence-corrected chi connectivity index (χ3v) is 3.14. The lowest BCUT2D eigenvalue weighted by molar-refractivity contribution is 0.0951. The van der Waals surface area contributed by atoms with E-state index in [9.17, 15) is 4.79 Å². The number of benzene rings is 1. The lowest BCUT2D eigenvalue weighted by Gasteiger charge is -2.05. The van der Waals surface area contributed by atoms with Gasteiger partial charge in [-0.3, -0.25) is 4.79 Å². The van der Waals surface area contributed by atoms with E-state index in [2.05, 4.69) is 5.32 Å². The van der Waals surface area contributed by atoms with Gasteiger partial charge >= 0.3 is 0 Å². The summed E-state index contributed by atoms with van der Waals surface area (Å²) < 4.78 is 5.40. The van der Waals surface area contributed by atoms with Gasteiger partial charge in [-0.05, 0) is 38.1 Å². The van der Waals surface area contributed by atoms with Crippen molar-refractivity contribution in [1.29, 1.82) is 0 Å². The molecule has 0 radical (unpaired) electrons. The van der Waals surface area contributed by atoms with E-state index in [0.717, 1.165) is 17.1 Å². The van der Waals surface area contributed by atoms with E-state index in [1.165, 1.54) is 0 Å². The minimum absolute atomic E-state index is 0.220. The number of halogens is 2. The summed E-state index contributed by atoms with van der Waals surface area (Å²) in [6, 6.07) is 6.65. The zero-order valence-corrected chi connectivity index (χ0v) is 12.1. The Labute approximate surface area is 121 Å². The summed E-state index contributed by atoms with van der Waals surface area (Å²) >= 11 is 11.7. The van der Waals surface area contributed by atoms with E-state index < -0.39 is 0 Å². The predicted octanol–water partition coefficient (Wildman–Crippen LogP) is 4.13. The summed E-state index contributed by atoms with van der Waals surface area (Å²) in [5.41, 5.74) is 1.40. The summed E-state index contributed by atoms with van der Waals surface area (Å²) in [5, 5.41) is 3.68. The molecule has 1 N–H and O–H groups in total. The molecule has 100 valence electrons. The SMILES string of the molecule is Cc1cc(CNC(=O)c2cc(Cl)cc(Cl)c2)c(C)o1. The fourth-order valence-corrected chi connectivity index (χ4v) is 2.35. The number of furan rings is 1. The van der Waals surface area contributed by atoms with Gasteiger partial charge < -0.3 is 9.73 Å². The van der Waals surface area contributed by atoms with E-state index in [4.69, 9.17) is 27.6 Å². The number of hydrogen-bond donors (Lipinski definition) is 1. The maximum Gasteiger partial charge on any atom is 0.251 e. The van der Waals surface area contributed by atoms with Gasteiger partial charge in [0.2, 0.25) is 0 Å². The number of carbonyl (C=O) groups is 1. The van der Waals surface area contributed by atoms with Crippen LogP contribution in [0.2, 0.25) is 10.0 Å². The highest BCUT2D eigenvalue weighted by atomic mass is 35.5. The van der Waals surface area contributed by atoms with Crippen molar-refractivity contribution in [3.63, 3.8) is 0 Å². The third-order valence-electron chi connectivity index (χ3n) is 2.71. The summed E-state index contributed by atoms with van der Waals surface area (Å²) in [5.74, 6) is 1.41. The number of hydrogen-bond acceptors (Lipinski definition) is 2. The molecule has 0 saturated carbocycles. The van der Waals surface area contributed by atoms with Gasteiger partial charge in [-0.2, -0.15) is 0 Å². The first-order chi connectivity index (χ1) is 8.95. The third kappa shape index (κ3) is 3.52. The lowest BCUT2D eigenvalue weighted by atomic mass is 10.2. The van der Waals surface area contributed by atoms with Crippen LogP contribution in [-0.2, 0) is 6.54 Å². The summed E-state index contributed by atoms with van der Waals surface area (Å²) in [6.07, 6.45) is 0. The quantitative estimate of drug-likeness (QED) is 0.925. The van der Waals surface area contributed by atoms with E-state index in [0.29, 0.717) is 22.2 Å². The summed E-state index contributed by atoms with van der Waals surface area (Å²) in [4.78, 5) is 12.0. The average Bonchev–Trinajstić information content (AvgIpc) is 2.63. The molecule has 1 amide bonds. The Kier molecular flexibility index (Phi) is 4.17. The van der Waals surface area contributed by atoms with Gasteiger partial charge in [0.25, 0.3) is 5.91 Å². The molecule has 0 bridgehead atoms. The van der Waals surface area contributed by atoms with E-state index in [1.54, 1.807) is 18.2 Å². The Hall–Kier alpha value is -1.45. The van der Waals surface area contributed by atoms with Crippen LogP contribution in [0.3, 0.4) is 0 Å². The van der Waals surface area contributed by atoms with Crippen molar-refractivity contribution in [2.45, 2.75) is 20.4 Å². The first-order valence-electron chi connectivity index (χ1n) is 5.76. The molecular weight excluding hydrogens is 285 g/mol. The van der Waals surface area contributed by atoms with E-state index in [1.807, 2.05) is 19.9 Å². The largest absolute Gasteiger partial charge is 0.466 e. The molecule has 1 aromatic carbocycles. The van der Waals surface area contributed by atoms with Crippen molar-refractivity contribution in [1.82, 2.24) is 5.32 Å². The lowest BCUT2D eigenvalue weighted by Crippen LogP contribution is -2.22. The summed E-state index contributed by atoms with van der Waals surface area (Å²) in [6.45, 7) is 4.14. The molecule has 5 heteroatoms. The molecule has 0 aliphatic heterocycles. The monoisotopic (exact) mass is 297 g/mol. The van der Waals surface area contributed by atoms with Crippen LogP contribution in [0, 0.1) is 13.8 Å². The molecule has 0 atom stereocenters. The first-order valence-corrected chi connectivity index (χ1v) is 6.51. The molecule has 1 heterocycles. The minimum Gasteiger partial charge on any atom is -0.466 e. The molecule has 0 aliphatic rings. The normalized spacial score (nSPS) is 10.5. The molecule has 3 nitrogen and oxygen atoms in total. The highest BCUT2D eigenvalue weighted by Crippen LogP contribution is 2.19. The molecule has 0 aliphatic carbocycles. The number of aryl methyl sites for hydroxylation is 2. The molecule has 2 rings (SSSR count). The molecule has 0 unspecified atom stereocenters. The van der Waals surface area contributed by atoms with Crippen LogP contribution >= 0.6 is 23.2 Å². The van der Waals surface area contributed by atoms with Crippen molar-refractivity contribution < 1.29 is 9.21 Å². The van der Waals surface area contributed by atoms with Gasteiger partial charge in [-0.1, -0.05) is 23.2 Å². The minimum atomic E-state index is -0.220. The molecule has 1 aromatic heterocycles. The molecular formula is C14H13Cl2NO2. The highest BCUT2D eigenvalue weighted by Gasteiger charge is 2.10. The van der Waals surface area contributed by atoms with Crippen molar-refractivity contribution >= 4 is 29.1 Å². The van der Waals surface area contributed by atoms with Crippen molar-refractivity contribution in [3.05, 3.63) is 57.0 Å². The molecule has 2 aromatic rings. The Balaban J connectivity index is 2.07. The second-order valence-electron chi connectivity index (χ2n) is 4.28. The highest BCUT2D eigenvalue weighted by molar-refractivity contribution is 6.35. The van der Waals surface area contributed by atoms with Crippen LogP contribution < -0.4 is 5.32 Å². The van der Waals surface area contributed by atoms with Crippen molar-refractivity contribution in [2.24, 2.45) is 0 Å². The first kappa shape index (κ1) is 14.0. The van der Waals surface area contributed by atoms with Crippen LogP contribution in [0.15, 0.2) is 28.7 Å². The van der Waals surface area contributed by atoms with Crippen LogP contribution in [0.1, 0.15) is 27.4 Å². The van der Waals surface area contributed by atoms with Gasteiger partial charge in [0.15, 0.2) is 0 Å². The standard InChI is InChI=1S/C14H13Cl2NO2/c1-8-3-11(9(2)19-8)7-17-14(18)10-4-12(15)6-13(16)5-10/h3-6H,7H2,1-2H3,(H,17,18). The second kappa shape index (κ2) is 5.68. The van der Waals surface area contributed by atoms with Gasteiger partial charge in [-0.15, -0.1) is 0 Å². The van der Waals surface area contributed by atoms with Crippen LogP contribution in [-0.4, -0.2) is 5.91 Å². The van der Waals surface area contributed by atoms with Gasteiger partial charge in [0.1, 0.15) is 11.5 Å². The zero-order chi connectivity index (χ0) is 14.0. The maximum absolute atomic E-state index is 12.0. The Morgan fingerprint density at radius 3 is 2.32 bits per heavy atom. The number of rotatable bonds is 3. The fraction of sp³-hybridized carbons (Fsp3) is 0.214. The smallest absolute Gasteiger partial charge is 0.251 e. The van der Waals surface area contributed by atoms with Crippen molar-refractivity contribution in [3.8, 4) is 0 Å². The zero-order valence-electron chi connectivity index (χ0n) is 10.6. The number of amides is 1. The summed E-state index contributed by atoms with van der Waals surface area (Å²) in [7, 11) is 0. The predicted molar refractivity (Wildman–Crippen MR) is 75.8 cm³/mol. The fourth-order valence-electron chi connectivity index (χ4n) is 1.82. The average molecular weight is 298 g/mol. The van der Waals surface area contributed by atoms with Crippen LogP contribution in [0.5, 0.6) is 0 Å². The number of nitrogens with one attached hydrogen (secondary N) is 1. The molecule has 0 saturated heterocycles. The van der Waals surface area contributed by atoms with E-state index in [-0.39, 0.29) is 5.91 Å². The number of carbonyl (C=O) groups excluding carboxylic acids is 1. The van der Waals surface area contributed by atoms with Gasteiger partial charge in [-0.25, -0.2) is 0 Å². The second-order valence-corrected chi connectivity index (χ2v) is 5.15. The van der Waals surface area contributed by atoms with Crippen molar-refractivity contribution in [2.75, 3.05) is 0 Å².